The van der Waals surface area contributed by atoms with Crippen molar-refractivity contribution in [2.24, 2.45) is 5.92 Å². The van der Waals surface area contributed by atoms with Gasteiger partial charge in [-0.1, -0.05) is 37.3 Å². The topological polar surface area (TPSA) is 26.3 Å². The van der Waals surface area contributed by atoms with Crippen molar-refractivity contribution < 1.29 is 9.53 Å². The molecule has 1 aliphatic heterocycles. The van der Waals surface area contributed by atoms with Crippen molar-refractivity contribution in [3.05, 3.63) is 47.0 Å². The quantitative estimate of drug-likeness (QED) is 0.796. The van der Waals surface area contributed by atoms with Gasteiger partial charge >= 0.3 is 0 Å². The molecule has 108 valence electrons. The zero-order valence-electron chi connectivity index (χ0n) is 12.4. The first-order valence-electron chi connectivity index (χ1n) is 7.99. The Bertz CT molecular complexity index is 707. The molecule has 1 heterocycles. The molecule has 1 saturated heterocycles. The molecule has 2 heteroatoms. The molecule has 1 aliphatic carbocycles. The molecule has 0 aromatic heterocycles. The van der Waals surface area contributed by atoms with Gasteiger partial charge in [-0.2, -0.15) is 0 Å². The van der Waals surface area contributed by atoms with Crippen LogP contribution in [0.1, 0.15) is 41.3 Å². The number of hydrogen-bond acceptors (Lipinski definition) is 2. The van der Waals surface area contributed by atoms with Gasteiger partial charge in [-0.15, -0.1) is 0 Å². The minimum absolute atomic E-state index is 0.0356. The highest BCUT2D eigenvalue weighted by Crippen LogP contribution is 2.35. The Morgan fingerprint density at radius 1 is 1.19 bits per heavy atom. The van der Waals surface area contributed by atoms with Gasteiger partial charge in [0.05, 0.1) is 12.0 Å². The van der Waals surface area contributed by atoms with Crippen LogP contribution >= 0.6 is 0 Å². The van der Waals surface area contributed by atoms with Crippen LogP contribution in [0.2, 0.25) is 0 Å². The number of benzene rings is 2. The van der Waals surface area contributed by atoms with Crippen LogP contribution in [0, 0.1) is 5.92 Å². The maximum absolute atomic E-state index is 13.0. The number of aryl methyl sites for hydroxylation is 2. The van der Waals surface area contributed by atoms with Gasteiger partial charge in [0.15, 0.2) is 5.78 Å². The molecule has 2 atom stereocenters. The predicted molar refractivity (Wildman–Crippen MR) is 83.8 cm³/mol. The smallest absolute Gasteiger partial charge is 0.169 e. The Kier molecular flexibility index (Phi) is 3.07. The van der Waals surface area contributed by atoms with E-state index in [9.17, 15) is 4.79 Å². The lowest BCUT2D eigenvalue weighted by Crippen LogP contribution is -2.24. The van der Waals surface area contributed by atoms with E-state index < -0.39 is 0 Å². The third-order valence-corrected chi connectivity index (χ3v) is 5.09. The highest BCUT2D eigenvalue weighted by atomic mass is 16.5. The number of hydrogen-bond donors (Lipinski definition) is 0. The first-order chi connectivity index (χ1) is 10.3. The summed E-state index contributed by atoms with van der Waals surface area (Å²) in [7, 11) is 0. The third-order valence-electron chi connectivity index (χ3n) is 5.09. The van der Waals surface area contributed by atoms with E-state index in [0.717, 1.165) is 43.2 Å². The van der Waals surface area contributed by atoms with E-state index in [2.05, 4.69) is 31.2 Å². The summed E-state index contributed by atoms with van der Waals surface area (Å²) in [5, 5.41) is 2.48. The summed E-state index contributed by atoms with van der Waals surface area (Å²) in [6, 6.07) is 10.6. The van der Waals surface area contributed by atoms with Gasteiger partial charge in [-0.05, 0) is 47.6 Å². The molecule has 0 saturated carbocycles. The molecular formula is C19H20O2. The summed E-state index contributed by atoms with van der Waals surface area (Å²) in [5.74, 6) is 0.309. The van der Waals surface area contributed by atoms with Crippen molar-refractivity contribution in [3.8, 4) is 0 Å². The third kappa shape index (κ3) is 1.93. The molecule has 2 aromatic carbocycles. The average molecular weight is 280 g/mol. The molecule has 2 aliphatic rings. The van der Waals surface area contributed by atoms with Crippen molar-refractivity contribution in [1.29, 1.82) is 0 Å². The van der Waals surface area contributed by atoms with E-state index >= 15 is 0 Å². The highest BCUT2D eigenvalue weighted by molar-refractivity contribution is 6.11. The Morgan fingerprint density at radius 2 is 2.00 bits per heavy atom. The van der Waals surface area contributed by atoms with Crippen molar-refractivity contribution in [2.75, 3.05) is 6.61 Å². The van der Waals surface area contributed by atoms with E-state index in [-0.39, 0.29) is 17.8 Å². The molecular weight excluding hydrogens is 260 g/mol. The van der Waals surface area contributed by atoms with E-state index in [4.69, 9.17) is 4.74 Å². The largest absolute Gasteiger partial charge is 0.377 e. The molecule has 2 unspecified atom stereocenters. The van der Waals surface area contributed by atoms with Gasteiger partial charge in [-0.25, -0.2) is 0 Å². The second-order valence-corrected chi connectivity index (χ2v) is 6.19. The summed E-state index contributed by atoms with van der Waals surface area (Å²) in [6.07, 6.45) is 4.08. The summed E-state index contributed by atoms with van der Waals surface area (Å²) in [6.45, 7) is 2.82. The van der Waals surface area contributed by atoms with Gasteiger partial charge in [0.2, 0.25) is 0 Å². The van der Waals surface area contributed by atoms with Gasteiger partial charge < -0.3 is 4.74 Å². The van der Waals surface area contributed by atoms with E-state index in [1.165, 1.54) is 16.5 Å². The second kappa shape index (κ2) is 4.96. The predicted octanol–water partition coefficient (Wildman–Crippen LogP) is 3.94. The van der Waals surface area contributed by atoms with Crippen molar-refractivity contribution in [1.82, 2.24) is 0 Å². The molecule has 0 radical (unpaired) electrons. The monoisotopic (exact) mass is 280 g/mol. The highest BCUT2D eigenvalue weighted by Gasteiger charge is 2.34. The van der Waals surface area contributed by atoms with E-state index in [1.54, 1.807) is 0 Å². The standard InChI is InChI=1S/C19H20O2/c1-2-17-16(10-11-21-17)19(20)15-9-8-13-7-6-12-4-3-5-14(15)18(12)13/h3-5,8-9,16-17H,2,6-7,10-11H2,1H3. The van der Waals surface area contributed by atoms with Gasteiger partial charge in [0, 0.05) is 12.2 Å². The molecule has 21 heavy (non-hydrogen) atoms. The summed E-state index contributed by atoms with van der Waals surface area (Å²) in [4.78, 5) is 13.0. The molecule has 4 rings (SSSR count). The average Bonchev–Trinajstić information content (AvgIpc) is 3.15. The molecule has 0 spiro atoms. The second-order valence-electron chi connectivity index (χ2n) is 6.19. The number of carbonyl (C=O) groups excluding carboxylic acids is 1. The van der Waals surface area contributed by atoms with Crippen LogP contribution in [-0.4, -0.2) is 18.5 Å². The van der Waals surface area contributed by atoms with Gasteiger partial charge in [-0.3, -0.25) is 4.79 Å². The summed E-state index contributed by atoms with van der Waals surface area (Å²) >= 11 is 0. The van der Waals surface area contributed by atoms with Crippen molar-refractivity contribution >= 4 is 16.6 Å². The number of ketones is 1. The Balaban J connectivity index is 1.83. The summed E-state index contributed by atoms with van der Waals surface area (Å²) in [5.41, 5.74) is 3.69. The van der Waals surface area contributed by atoms with Crippen LogP contribution in [-0.2, 0) is 17.6 Å². The lowest BCUT2D eigenvalue weighted by Gasteiger charge is -2.17. The SMILES string of the molecule is CCC1OCCC1C(=O)c1ccc2c3c(cccc13)CC2. The van der Waals surface area contributed by atoms with E-state index in [1.807, 2.05) is 6.07 Å². The molecule has 2 aromatic rings. The fourth-order valence-corrected chi connectivity index (χ4v) is 4.01. The van der Waals surface area contributed by atoms with Crippen LogP contribution in [0.3, 0.4) is 0 Å². The Hall–Kier alpha value is -1.67. The number of carbonyl (C=O) groups is 1. The lowest BCUT2D eigenvalue weighted by molar-refractivity contribution is 0.0690. The van der Waals surface area contributed by atoms with Crippen LogP contribution in [0.5, 0.6) is 0 Å². The van der Waals surface area contributed by atoms with Crippen molar-refractivity contribution in [3.63, 3.8) is 0 Å². The Labute approximate surface area is 125 Å². The van der Waals surface area contributed by atoms with Crippen LogP contribution in [0.25, 0.3) is 10.8 Å². The molecule has 0 bridgehead atoms. The van der Waals surface area contributed by atoms with Gasteiger partial charge in [0.1, 0.15) is 0 Å². The van der Waals surface area contributed by atoms with Crippen molar-refractivity contribution in [2.45, 2.75) is 38.7 Å². The molecule has 2 nitrogen and oxygen atoms in total. The van der Waals surface area contributed by atoms with Crippen LogP contribution in [0.4, 0.5) is 0 Å². The number of Topliss-reactive ketones (excluding diaryl/α,β-unsaturated/α-hetero) is 1. The maximum atomic E-state index is 13.0. The van der Waals surface area contributed by atoms with E-state index in [0.29, 0.717) is 0 Å². The minimum atomic E-state index is 0.0356. The summed E-state index contributed by atoms with van der Waals surface area (Å²) < 4.78 is 5.71. The van der Waals surface area contributed by atoms with Crippen LogP contribution in [0.15, 0.2) is 30.3 Å². The van der Waals surface area contributed by atoms with Crippen LogP contribution < -0.4 is 0 Å². The lowest BCUT2D eigenvalue weighted by atomic mass is 9.87. The maximum Gasteiger partial charge on any atom is 0.169 e. The zero-order valence-corrected chi connectivity index (χ0v) is 12.4. The fourth-order valence-electron chi connectivity index (χ4n) is 4.01. The Morgan fingerprint density at radius 3 is 2.81 bits per heavy atom. The molecule has 0 amide bonds. The first-order valence-corrected chi connectivity index (χ1v) is 7.99. The van der Waals surface area contributed by atoms with Gasteiger partial charge in [0.25, 0.3) is 0 Å². The number of rotatable bonds is 3. The fraction of sp³-hybridized carbons (Fsp3) is 0.421. The number of ether oxygens (including phenoxy) is 1. The molecule has 0 N–H and O–H groups in total. The minimum Gasteiger partial charge on any atom is -0.377 e. The molecule has 1 fully saturated rings. The first kappa shape index (κ1) is 13.0. The zero-order chi connectivity index (χ0) is 14.4. The normalized spacial score (nSPS) is 23.9.